The highest BCUT2D eigenvalue weighted by Gasteiger charge is 2.09. The highest BCUT2D eigenvalue weighted by Crippen LogP contribution is 2.24. The number of benzene rings is 2. The van der Waals surface area contributed by atoms with Crippen LogP contribution in [-0.4, -0.2) is 5.78 Å². The van der Waals surface area contributed by atoms with E-state index >= 15 is 0 Å². The Balaban J connectivity index is 2.48. The SMILES string of the molecule is CC(=O)c1ccc(-c2ccc(C)c(C)c2)cc1F. The smallest absolute Gasteiger partial charge is 0.162 e. The Hall–Kier alpha value is -1.96. The van der Waals surface area contributed by atoms with E-state index in [0.717, 1.165) is 11.1 Å². The minimum absolute atomic E-state index is 0.141. The van der Waals surface area contributed by atoms with Gasteiger partial charge in [0, 0.05) is 0 Å². The van der Waals surface area contributed by atoms with Gasteiger partial charge < -0.3 is 0 Å². The molecule has 0 aliphatic rings. The first-order chi connectivity index (χ1) is 8.49. The zero-order valence-corrected chi connectivity index (χ0v) is 10.8. The Morgan fingerprint density at radius 1 is 0.944 bits per heavy atom. The minimum atomic E-state index is -0.460. The van der Waals surface area contributed by atoms with Crippen LogP contribution < -0.4 is 0 Å². The molecule has 2 heteroatoms. The predicted octanol–water partition coefficient (Wildman–Crippen LogP) is 4.31. The molecule has 2 rings (SSSR count). The maximum Gasteiger partial charge on any atom is 0.162 e. The standard InChI is InChI=1S/C16H15FO/c1-10-4-5-13(8-11(10)2)14-6-7-15(12(3)18)16(17)9-14/h4-9H,1-3H3. The van der Waals surface area contributed by atoms with E-state index in [4.69, 9.17) is 0 Å². The maximum atomic E-state index is 13.7. The summed E-state index contributed by atoms with van der Waals surface area (Å²) in [6.07, 6.45) is 0. The Kier molecular flexibility index (Phi) is 3.28. The average Bonchev–Trinajstić information content (AvgIpc) is 2.32. The second kappa shape index (κ2) is 4.73. The van der Waals surface area contributed by atoms with Gasteiger partial charge in [0.2, 0.25) is 0 Å². The van der Waals surface area contributed by atoms with E-state index < -0.39 is 5.82 Å². The number of hydrogen-bond donors (Lipinski definition) is 0. The van der Waals surface area contributed by atoms with Crippen molar-refractivity contribution < 1.29 is 9.18 Å². The summed E-state index contributed by atoms with van der Waals surface area (Å²) in [5, 5.41) is 0. The van der Waals surface area contributed by atoms with E-state index in [2.05, 4.69) is 0 Å². The summed E-state index contributed by atoms with van der Waals surface area (Å²) in [5.74, 6) is -0.711. The normalized spacial score (nSPS) is 10.4. The molecule has 0 heterocycles. The highest BCUT2D eigenvalue weighted by atomic mass is 19.1. The van der Waals surface area contributed by atoms with Crippen molar-refractivity contribution >= 4 is 5.78 Å². The summed E-state index contributed by atoms with van der Waals surface area (Å²) >= 11 is 0. The molecular formula is C16H15FO. The number of Topliss-reactive ketones (excluding diaryl/α,β-unsaturated/α-hetero) is 1. The lowest BCUT2D eigenvalue weighted by Gasteiger charge is -2.07. The lowest BCUT2D eigenvalue weighted by atomic mass is 9.99. The molecule has 2 aromatic rings. The van der Waals surface area contributed by atoms with Gasteiger partial charge in [-0.1, -0.05) is 24.3 Å². The van der Waals surface area contributed by atoms with Crippen molar-refractivity contribution in [3.63, 3.8) is 0 Å². The van der Waals surface area contributed by atoms with Gasteiger partial charge in [-0.25, -0.2) is 4.39 Å². The van der Waals surface area contributed by atoms with E-state index in [0.29, 0.717) is 0 Å². The fourth-order valence-corrected chi connectivity index (χ4v) is 1.90. The molecule has 0 N–H and O–H groups in total. The lowest BCUT2D eigenvalue weighted by molar-refractivity contribution is 0.101. The van der Waals surface area contributed by atoms with Crippen LogP contribution in [0.4, 0.5) is 4.39 Å². The zero-order valence-electron chi connectivity index (χ0n) is 10.8. The third-order valence-corrected chi connectivity index (χ3v) is 3.19. The van der Waals surface area contributed by atoms with Gasteiger partial charge >= 0.3 is 0 Å². The van der Waals surface area contributed by atoms with E-state index in [1.165, 1.54) is 24.1 Å². The van der Waals surface area contributed by atoms with Gasteiger partial charge in [-0.05, 0) is 55.2 Å². The van der Waals surface area contributed by atoms with Gasteiger partial charge in [0.25, 0.3) is 0 Å². The number of carbonyl (C=O) groups excluding carboxylic acids is 1. The zero-order chi connectivity index (χ0) is 13.3. The minimum Gasteiger partial charge on any atom is -0.294 e. The third-order valence-electron chi connectivity index (χ3n) is 3.19. The molecular weight excluding hydrogens is 227 g/mol. The molecule has 0 aromatic heterocycles. The van der Waals surface area contributed by atoms with Crippen molar-refractivity contribution in [2.75, 3.05) is 0 Å². The fraction of sp³-hybridized carbons (Fsp3) is 0.188. The van der Waals surface area contributed by atoms with Crippen LogP contribution in [0.25, 0.3) is 11.1 Å². The largest absolute Gasteiger partial charge is 0.294 e. The van der Waals surface area contributed by atoms with E-state index in [1.807, 2.05) is 32.0 Å². The van der Waals surface area contributed by atoms with Gasteiger partial charge in [0.15, 0.2) is 5.78 Å². The molecule has 18 heavy (non-hydrogen) atoms. The van der Waals surface area contributed by atoms with Crippen molar-refractivity contribution in [3.8, 4) is 11.1 Å². The molecule has 0 aliphatic heterocycles. The molecule has 0 fully saturated rings. The maximum absolute atomic E-state index is 13.7. The quantitative estimate of drug-likeness (QED) is 0.717. The van der Waals surface area contributed by atoms with Crippen LogP contribution in [0.3, 0.4) is 0 Å². The molecule has 0 atom stereocenters. The number of aryl methyl sites for hydroxylation is 2. The Bertz CT molecular complexity index is 614. The van der Waals surface area contributed by atoms with Gasteiger partial charge in [0.1, 0.15) is 5.82 Å². The van der Waals surface area contributed by atoms with Gasteiger partial charge in [-0.15, -0.1) is 0 Å². The first-order valence-electron chi connectivity index (χ1n) is 5.87. The molecule has 0 amide bonds. The van der Waals surface area contributed by atoms with Crippen LogP contribution in [0, 0.1) is 19.7 Å². The number of ketones is 1. The second-order valence-corrected chi connectivity index (χ2v) is 4.55. The van der Waals surface area contributed by atoms with Crippen LogP contribution in [0.15, 0.2) is 36.4 Å². The molecule has 0 spiro atoms. The van der Waals surface area contributed by atoms with Crippen molar-refractivity contribution in [1.29, 1.82) is 0 Å². The Labute approximate surface area is 106 Å². The highest BCUT2D eigenvalue weighted by molar-refractivity contribution is 5.94. The molecule has 0 bridgehead atoms. The molecule has 92 valence electrons. The predicted molar refractivity (Wildman–Crippen MR) is 71.3 cm³/mol. The summed E-state index contributed by atoms with van der Waals surface area (Å²) in [4.78, 5) is 11.2. The topological polar surface area (TPSA) is 17.1 Å². The summed E-state index contributed by atoms with van der Waals surface area (Å²) in [6.45, 7) is 5.44. The van der Waals surface area contributed by atoms with Crippen LogP contribution >= 0.6 is 0 Å². The summed E-state index contributed by atoms with van der Waals surface area (Å²) in [5.41, 5.74) is 4.28. The second-order valence-electron chi connectivity index (χ2n) is 4.55. The van der Waals surface area contributed by atoms with E-state index in [9.17, 15) is 9.18 Å². The third kappa shape index (κ3) is 2.33. The van der Waals surface area contributed by atoms with Gasteiger partial charge in [0.05, 0.1) is 5.56 Å². The van der Waals surface area contributed by atoms with E-state index in [-0.39, 0.29) is 11.3 Å². The number of halogens is 1. The van der Waals surface area contributed by atoms with Crippen LogP contribution in [0.1, 0.15) is 28.4 Å². The average molecular weight is 242 g/mol. The van der Waals surface area contributed by atoms with Crippen LogP contribution in [0.2, 0.25) is 0 Å². The summed E-state index contributed by atoms with van der Waals surface area (Å²) < 4.78 is 13.7. The van der Waals surface area contributed by atoms with Crippen molar-refractivity contribution in [1.82, 2.24) is 0 Å². The number of rotatable bonds is 2. The Morgan fingerprint density at radius 2 is 1.56 bits per heavy atom. The molecule has 1 nitrogen and oxygen atoms in total. The monoisotopic (exact) mass is 242 g/mol. The first kappa shape index (κ1) is 12.5. The fourth-order valence-electron chi connectivity index (χ4n) is 1.90. The van der Waals surface area contributed by atoms with Crippen LogP contribution in [-0.2, 0) is 0 Å². The number of carbonyl (C=O) groups is 1. The summed E-state index contributed by atoms with van der Waals surface area (Å²) in [6, 6.07) is 10.7. The Morgan fingerprint density at radius 3 is 2.11 bits per heavy atom. The van der Waals surface area contributed by atoms with Crippen molar-refractivity contribution in [2.45, 2.75) is 20.8 Å². The van der Waals surface area contributed by atoms with Gasteiger partial charge in [-0.3, -0.25) is 4.79 Å². The van der Waals surface area contributed by atoms with Gasteiger partial charge in [-0.2, -0.15) is 0 Å². The van der Waals surface area contributed by atoms with Crippen molar-refractivity contribution in [2.24, 2.45) is 0 Å². The molecule has 0 aliphatic carbocycles. The summed E-state index contributed by atoms with van der Waals surface area (Å²) in [7, 11) is 0. The first-order valence-corrected chi connectivity index (χ1v) is 5.87. The van der Waals surface area contributed by atoms with Crippen molar-refractivity contribution in [3.05, 3.63) is 58.9 Å². The molecule has 2 aromatic carbocycles. The van der Waals surface area contributed by atoms with Crippen LogP contribution in [0.5, 0.6) is 0 Å². The molecule has 0 radical (unpaired) electrons. The molecule has 0 saturated heterocycles. The molecule has 0 saturated carbocycles. The number of hydrogen-bond acceptors (Lipinski definition) is 1. The lowest BCUT2D eigenvalue weighted by Crippen LogP contribution is -1.97. The molecule has 0 unspecified atom stereocenters. The van der Waals surface area contributed by atoms with E-state index in [1.54, 1.807) is 12.1 Å².